The minimum atomic E-state index is 0.635. The van der Waals surface area contributed by atoms with Crippen LogP contribution < -0.4 is 0 Å². The molecular weight excluding hydrogens is 673 g/mol. The van der Waals surface area contributed by atoms with Crippen LogP contribution in [0.2, 0.25) is 0 Å². The largest absolute Gasteiger partial charge is 0.454 e. The molecule has 5 heteroatoms. The first-order chi connectivity index (χ1) is 27.3. The molecule has 0 spiro atoms. The molecule has 0 amide bonds. The molecule has 11 rings (SSSR count). The Morgan fingerprint density at radius 1 is 0.345 bits per heavy atom. The van der Waals surface area contributed by atoms with E-state index in [0.29, 0.717) is 17.5 Å². The Morgan fingerprint density at radius 2 is 0.927 bits per heavy atom. The second-order valence-corrected chi connectivity index (χ2v) is 13.8. The molecular formula is C50H30N4O. The van der Waals surface area contributed by atoms with Crippen LogP contribution in [0.1, 0.15) is 0 Å². The topological polar surface area (TPSA) is 64.7 Å². The van der Waals surface area contributed by atoms with E-state index in [0.717, 1.165) is 77.0 Å². The predicted molar refractivity (Wildman–Crippen MR) is 225 cm³/mol. The number of hydrogen-bond donors (Lipinski definition) is 0. The molecule has 0 fully saturated rings. The van der Waals surface area contributed by atoms with Crippen molar-refractivity contribution in [2.75, 3.05) is 0 Å². The summed E-state index contributed by atoms with van der Waals surface area (Å²) in [5.41, 5.74) is 9.08. The Kier molecular flexibility index (Phi) is 7.10. The lowest BCUT2D eigenvalue weighted by atomic mass is 9.88. The number of aromatic nitrogens is 4. The summed E-state index contributed by atoms with van der Waals surface area (Å²) in [6.45, 7) is 0. The monoisotopic (exact) mass is 702 g/mol. The summed E-state index contributed by atoms with van der Waals surface area (Å²) < 4.78 is 6.22. The van der Waals surface area contributed by atoms with Crippen LogP contribution in [0.15, 0.2) is 187 Å². The molecule has 8 aromatic carbocycles. The van der Waals surface area contributed by atoms with Crippen molar-refractivity contribution in [1.82, 2.24) is 19.9 Å². The Labute approximate surface area is 316 Å². The van der Waals surface area contributed by atoms with Gasteiger partial charge in [0.05, 0.1) is 6.20 Å². The third-order valence-corrected chi connectivity index (χ3v) is 10.6. The van der Waals surface area contributed by atoms with Crippen molar-refractivity contribution in [1.29, 1.82) is 0 Å². The Bertz CT molecular complexity index is 3280. The maximum Gasteiger partial charge on any atom is 0.164 e. The van der Waals surface area contributed by atoms with Crippen molar-refractivity contribution in [3.05, 3.63) is 182 Å². The highest BCUT2D eigenvalue weighted by molar-refractivity contribution is 6.17. The van der Waals surface area contributed by atoms with Gasteiger partial charge in [-0.2, -0.15) is 0 Å². The highest BCUT2D eigenvalue weighted by atomic mass is 16.3. The molecule has 0 aliphatic rings. The first-order valence-corrected chi connectivity index (χ1v) is 18.4. The summed E-state index contributed by atoms with van der Waals surface area (Å²) >= 11 is 0. The van der Waals surface area contributed by atoms with Crippen LogP contribution in [0.5, 0.6) is 0 Å². The normalized spacial score (nSPS) is 11.6. The van der Waals surface area contributed by atoms with Gasteiger partial charge in [-0.1, -0.05) is 146 Å². The summed E-state index contributed by atoms with van der Waals surface area (Å²) in [6, 6.07) is 59.4. The molecule has 0 atom stereocenters. The lowest BCUT2D eigenvalue weighted by Gasteiger charge is -2.16. The van der Waals surface area contributed by atoms with Crippen LogP contribution in [-0.4, -0.2) is 19.9 Å². The summed E-state index contributed by atoms with van der Waals surface area (Å²) in [6.07, 6.45) is 3.62. The molecule has 0 aliphatic carbocycles. The molecule has 256 valence electrons. The van der Waals surface area contributed by atoms with Gasteiger partial charge in [-0.05, 0) is 78.8 Å². The van der Waals surface area contributed by atoms with Gasteiger partial charge in [0.25, 0.3) is 0 Å². The fraction of sp³-hybridized carbons (Fsp3) is 0. The Hall–Kier alpha value is -7.50. The number of rotatable bonds is 5. The number of furan rings is 1. The number of nitrogens with zero attached hydrogens (tertiary/aromatic N) is 4. The first kappa shape index (κ1) is 31.1. The van der Waals surface area contributed by atoms with E-state index in [4.69, 9.17) is 19.4 Å². The minimum absolute atomic E-state index is 0.635. The molecule has 0 unspecified atom stereocenters. The maximum atomic E-state index is 6.22. The summed E-state index contributed by atoms with van der Waals surface area (Å²) in [4.78, 5) is 19.6. The van der Waals surface area contributed by atoms with Crippen molar-refractivity contribution in [2.24, 2.45) is 0 Å². The lowest BCUT2D eigenvalue weighted by Crippen LogP contribution is -2.01. The number of hydrogen-bond acceptors (Lipinski definition) is 5. The third kappa shape index (κ3) is 5.17. The first-order valence-electron chi connectivity index (χ1n) is 18.4. The van der Waals surface area contributed by atoms with E-state index in [1.165, 1.54) is 16.2 Å². The van der Waals surface area contributed by atoms with Crippen LogP contribution in [0, 0.1) is 0 Å². The summed E-state index contributed by atoms with van der Waals surface area (Å²) in [5, 5.41) is 9.03. The van der Waals surface area contributed by atoms with E-state index in [-0.39, 0.29) is 0 Å². The minimum Gasteiger partial charge on any atom is -0.454 e. The van der Waals surface area contributed by atoms with Crippen molar-refractivity contribution in [2.45, 2.75) is 0 Å². The number of benzene rings is 8. The molecule has 0 N–H and O–H groups in total. The summed E-state index contributed by atoms with van der Waals surface area (Å²) in [5.74, 6) is 1.91. The molecule has 0 bridgehead atoms. The van der Waals surface area contributed by atoms with Crippen LogP contribution >= 0.6 is 0 Å². The molecule has 55 heavy (non-hydrogen) atoms. The molecule has 3 heterocycles. The van der Waals surface area contributed by atoms with Gasteiger partial charge in [-0.3, -0.25) is 4.98 Å². The summed E-state index contributed by atoms with van der Waals surface area (Å²) in [7, 11) is 0. The van der Waals surface area contributed by atoms with Crippen LogP contribution in [-0.2, 0) is 0 Å². The molecule has 0 saturated carbocycles. The van der Waals surface area contributed by atoms with Gasteiger partial charge in [0.15, 0.2) is 23.1 Å². The standard InChI is InChI=1S/C50H30N4O/c1-2-12-32(13-3-1)48-52-49(34-22-21-31-11-4-5-14-33(31)29-34)54-50(53-48)43-26-25-40(37-17-8-9-18-38(37)43)39-23-24-41(36-16-7-6-15-35(36)39)42-19-10-20-45-47(42)44-27-28-51-30-46(44)55-45/h1-30H. The molecule has 0 radical (unpaired) electrons. The van der Waals surface area contributed by atoms with Crippen molar-refractivity contribution >= 4 is 54.3 Å². The fourth-order valence-corrected chi connectivity index (χ4v) is 8.07. The van der Waals surface area contributed by atoms with Gasteiger partial charge in [0, 0.05) is 33.7 Å². The molecule has 5 nitrogen and oxygen atoms in total. The number of pyridine rings is 1. The van der Waals surface area contributed by atoms with Gasteiger partial charge in [-0.15, -0.1) is 0 Å². The molecule has 3 aromatic heterocycles. The number of fused-ring (bicyclic) bond motifs is 6. The van der Waals surface area contributed by atoms with E-state index in [2.05, 4.69) is 132 Å². The lowest BCUT2D eigenvalue weighted by molar-refractivity contribution is 0.667. The van der Waals surface area contributed by atoms with Gasteiger partial charge in [0.1, 0.15) is 5.58 Å². The second-order valence-electron chi connectivity index (χ2n) is 13.8. The zero-order valence-corrected chi connectivity index (χ0v) is 29.5. The highest BCUT2D eigenvalue weighted by Gasteiger charge is 2.19. The quantitative estimate of drug-likeness (QED) is 0.179. The smallest absolute Gasteiger partial charge is 0.164 e. The van der Waals surface area contributed by atoms with Crippen LogP contribution in [0.4, 0.5) is 0 Å². The van der Waals surface area contributed by atoms with E-state index >= 15 is 0 Å². The van der Waals surface area contributed by atoms with E-state index in [1.807, 2.05) is 48.7 Å². The second kappa shape index (κ2) is 12.6. The van der Waals surface area contributed by atoms with E-state index in [1.54, 1.807) is 6.20 Å². The van der Waals surface area contributed by atoms with Gasteiger partial charge >= 0.3 is 0 Å². The molecule has 11 aromatic rings. The van der Waals surface area contributed by atoms with Gasteiger partial charge in [-0.25, -0.2) is 15.0 Å². The molecule has 0 aliphatic heterocycles. The Balaban J connectivity index is 1.10. The van der Waals surface area contributed by atoms with Crippen molar-refractivity contribution in [3.8, 4) is 56.4 Å². The van der Waals surface area contributed by atoms with Crippen molar-refractivity contribution in [3.63, 3.8) is 0 Å². The Morgan fingerprint density at radius 3 is 1.65 bits per heavy atom. The average Bonchev–Trinajstić information content (AvgIpc) is 3.65. The SMILES string of the molecule is c1ccc(-c2nc(-c3ccc4ccccc4c3)nc(-c3ccc(-c4ccc(-c5cccc6oc7cnccc7c56)c5ccccc45)c4ccccc34)n2)cc1. The van der Waals surface area contributed by atoms with E-state index < -0.39 is 0 Å². The van der Waals surface area contributed by atoms with Crippen molar-refractivity contribution < 1.29 is 4.42 Å². The fourth-order valence-electron chi connectivity index (χ4n) is 8.07. The van der Waals surface area contributed by atoms with E-state index in [9.17, 15) is 0 Å². The van der Waals surface area contributed by atoms with Gasteiger partial charge < -0.3 is 4.42 Å². The molecule has 0 saturated heterocycles. The zero-order chi connectivity index (χ0) is 36.3. The maximum absolute atomic E-state index is 6.22. The third-order valence-electron chi connectivity index (χ3n) is 10.6. The van der Waals surface area contributed by atoms with Crippen LogP contribution in [0.25, 0.3) is 111 Å². The zero-order valence-electron chi connectivity index (χ0n) is 29.5. The van der Waals surface area contributed by atoms with Crippen LogP contribution in [0.3, 0.4) is 0 Å². The average molecular weight is 703 g/mol. The highest BCUT2D eigenvalue weighted by Crippen LogP contribution is 2.43. The van der Waals surface area contributed by atoms with Gasteiger partial charge in [0.2, 0.25) is 0 Å². The predicted octanol–water partition coefficient (Wildman–Crippen LogP) is 13.0.